The Bertz CT molecular complexity index is 982. The summed E-state index contributed by atoms with van der Waals surface area (Å²) in [6, 6.07) is 22.4. The molecular formula is C22H21N3O2S. The molecule has 0 aliphatic heterocycles. The fraction of sp³-hybridized carbons (Fsp3) is 0.182. The molecule has 2 heterocycles. The van der Waals surface area contributed by atoms with Crippen LogP contribution in [0.1, 0.15) is 22.2 Å². The van der Waals surface area contributed by atoms with Crippen LogP contribution in [0.2, 0.25) is 0 Å². The van der Waals surface area contributed by atoms with Crippen molar-refractivity contribution in [2.45, 2.75) is 19.5 Å². The van der Waals surface area contributed by atoms with E-state index in [0.29, 0.717) is 24.7 Å². The lowest BCUT2D eigenvalue weighted by molar-refractivity contribution is 0.414. The van der Waals surface area contributed by atoms with Gasteiger partial charge in [-0.15, -0.1) is 21.5 Å². The lowest BCUT2D eigenvalue weighted by Gasteiger charge is -2.22. The maximum absolute atomic E-state index is 5.92. The first-order chi connectivity index (χ1) is 13.8. The van der Waals surface area contributed by atoms with E-state index in [1.54, 1.807) is 18.4 Å². The molecule has 0 aliphatic rings. The van der Waals surface area contributed by atoms with Crippen LogP contribution in [0.25, 0.3) is 0 Å². The predicted octanol–water partition coefficient (Wildman–Crippen LogP) is 4.94. The normalized spacial score (nSPS) is 10.8. The van der Waals surface area contributed by atoms with Gasteiger partial charge in [0.2, 0.25) is 11.8 Å². The van der Waals surface area contributed by atoms with Gasteiger partial charge >= 0.3 is 0 Å². The van der Waals surface area contributed by atoms with Gasteiger partial charge in [0.05, 0.1) is 26.6 Å². The van der Waals surface area contributed by atoms with E-state index in [0.717, 1.165) is 23.5 Å². The summed E-state index contributed by atoms with van der Waals surface area (Å²) >= 11 is 1.74. The van der Waals surface area contributed by atoms with Crippen molar-refractivity contribution in [3.63, 3.8) is 0 Å². The summed E-state index contributed by atoms with van der Waals surface area (Å²) in [5.74, 6) is 2.08. The Morgan fingerprint density at radius 3 is 2.39 bits per heavy atom. The molecule has 2 aromatic carbocycles. The molecule has 0 spiro atoms. The van der Waals surface area contributed by atoms with Crippen LogP contribution in [0.15, 0.2) is 76.5 Å². The van der Waals surface area contributed by atoms with E-state index < -0.39 is 0 Å². The van der Waals surface area contributed by atoms with Crippen LogP contribution in [0.3, 0.4) is 0 Å². The zero-order valence-electron chi connectivity index (χ0n) is 15.6. The van der Waals surface area contributed by atoms with Gasteiger partial charge < -0.3 is 14.1 Å². The summed E-state index contributed by atoms with van der Waals surface area (Å²) in [4.78, 5) is 3.50. The highest BCUT2D eigenvalue weighted by Crippen LogP contribution is 2.24. The summed E-state index contributed by atoms with van der Waals surface area (Å²) in [5.41, 5.74) is 2.24. The van der Waals surface area contributed by atoms with Gasteiger partial charge in [0.1, 0.15) is 5.75 Å². The Labute approximate surface area is 168 Å². The standard InChI is InChI=1S/C22H21N3O2S/c1-26-19-11-9-18(10-12-19)25(15-20-8-5-13-28-20)16-22-24-23-21(27-22)14-17-6-3-2-4-7-17/h2-13H,14-16H2,1H3. The highest BCUT2D eigenvalue weighted by atomic mass is 32.1. The van der Waals surface area contributed by atoms with Crippen molar-refractivity contribution in [1.82, 2.24) is 10.2 Å². The van der Waals surface area contributed by atoms with Gasteiger partial charge in [0.25, 0.3) is 0 Å². The number of anilines is 1. The number of nitrogens with zero attached hydrogens (tertiary/aromatic N) is 3. The number of benzene rings is 2. The van der Waals surface area contributed by atoms with Crippen molar-refractivity contribution in [2.75, 3.05) is 12.0 Å². The van der Waals surface area contributed by atoms with Gasteiger partial charge in [0.15, 0.2) is 0 Å². The van der Waals surface area contributed by atoms with Crippen molar-refractivity contribution in [1.29, 1.82) is 0 Å². The molecule has 0 atom stereocenters. The van der Waals surface area contributed by atoms with Crippen LogP contribution in [0.4, 0.5) is 5.69 Å². The topological polar surface area (TPSA) is 51.4 Å². The molecule has 0 unspecified atom stereocenters. The van der Waals surface area contributed by atoms with Crippen molar-refractivity contribution >= 4 is 17.0 Å². The molecule has 142 valence electrons. The smallest absolute Gasteiger partial charge is 0.235 e. The van der Waals surface area contributed by atoms with E-state index in [1.807, 2.05) is 42.5 Å². The fourth-order valence-electron chi connectivity index (χ4n) is 2.98. The number of hydrogen-bond acceptors (Lipinski definition) is 6. The molecular weight excluding hydrogens is 370 g/mol. The highest BCUT2D eigenvalue weighted by molar-refractivity contribution is 7.09. The molecule has 0 radical (unpaired) electrons. The second-order valence-corrected chi connectivity index (χ2v) is 7.42. The molecule has 5 nitrogen and oxygen atoms in total. The second kappa shape index (κ2) is 8.71. The number of methoxy groups -OCH3 is 1. The third kappa shape index (κ3) is 4.58. The summed E-state index contributed by atoms with van der Waals surface area (Å²) in [7, 11) is 1.67. The number of thiophene rings is 1. The van der Waals surface area contributed by atoms with Crippen LogP contribution in [-0.4, -0.2) is 17.3 Å². The van der Waals surface area contributed by atoms with Gasteiger partial charge in [0, 0.05) is 10.6 Å². The molecule has 4 rings (SSSR count). The summed E-state index contributed by atoms with van der Waals surface area (Å²) in [6.45, 7) is 1.33. The lowest BCUT2D eigenvalue weighted by atomic mass is 10.2. The monoisotopic (exact) mass is 391 g/mol. The van der Waals surface area contributed by atoms with Crippen molar-refractivity contribution in [2.24, 2.45) is 0 Å². The number of rotatable bonds is 8. The van der Waals surface area contributed by atoms with Gasteiger partial charge in [-0.05, 0) is 41.3 Å². The van der Waals surface area contributed by atoms with Gasteiger partial charge in [-0.3, -0.25) is 0 Å². The van der Waals surface area contributed by atoms with Gasteiger partial charge in [-0.1, -0.05) is 36.4 Å². The summed E-state index contributed by atoms with van der Waals surface area (Å²) < 4.78 is 11.2. The number of aromatic nitrogens is 2. The molecule has 0 N–H and O–H groups in total. The molecule has 0 bridgehead atoms. The maximum Gasteiger partial charge on any atom is 0.235 e. The predicted molar refractivity (Wildman–Crippen MR) is 111 cm³/mol. The average Bonchev–Trinajstić information content (AvgIpc) is 3.41. The fourth-order valence-corrected chi connectivity index (χ4v) is 3.70. The Balaban J connectivity index is 1.51. The zero-order chi connectivity index (χ0) is 19.2. The SMILES string of the molecule is COc1ccc(N(Cc2nnc(Cc3ccccc3)o2)Cc2cccs2)cc1. The minimum absolute atomic E-state index is 0.548. The molecule has 0 fully saturated rings. The molecule has 0 saturated carbocycles. The molecule has 4 aromatic rings. The lowest BCUT2D eigenvalue weighted by Crippen LogP contribution is -2.21. The molecule has 0 aliphatic carbocycles. The Hall–Kier alpha value is -3.12. The Kier molecular flexibility index (Phi) is 5.68. The van der Waals surface area contributed by atoms with Crippen LogP contribution < -0.4 is 9.64 Å². The van der Waals surface area contributed by atoms with Crippen molar-refractivity contribution in [3.05, 3.63) is 94.3 Å². The molecule has 6 heteroatoms. The average molecular weight is 391 g/mol. The Morgan fingerprint density at radius 2 is 1.68 bits per heavy atom. The first-order valence-electron chi connectivity index (χ1n) is 9.07. The van der Waals surface area contributed by atoms with E-state index in [4.69, 9.17) is 9.15 Å². The van der Waals surface area contributed by atoms with Crippen LogP contribution in [-0.2, 0) is 19.5 Å². The first-order valence-corrected chi connectivity index (χ1v) is 9.94. The van der Waals surface area contributed by atoms with E-state index in [2.05, 4.69) is 44.7 Å². The quantitative estimate of drug-likeness (QED) is 0.426. The van der Waals surface area contributed by atoms with E-state index in [-0.39, 0.29) is 0 Å². The van der Waals surface area contributed by atoms with Crippen LogP contribution in [0.5, 0.6) is 5.75 Å². The third-order valence-electron chi connectivity index (χ3n) is 4.40. The summed E-state index contributed by atoms with van der Waals surface area (Å²) in [5, 5.41) is 10.6. The number of ether oxygens (including phenoxy) is 1. The molecule has 0 saturated heterocycles. The Morgan fingerprint density at radius 1 is 0.893 bits per heavy atom. The van der Waals surface area contributed by atoms with E-state index in [9.17, 15) is 0 Å². The second-order valence-electron chi connectivity index (χ2n) is 6.39. The largest absolute Gasteiger partial charge is 0.497 e. The molecule has 0 amide bonds. The minimum Gasteiger partial charge on any atom is -0.497 e. The maximum atomic E-state index is 5.92. The zero-order valence-corrected chi connectivity index (χ0v) is 16.4. The number of hydrogen-bond donors (Lipinski definition) is 0. The third-order valence-corrected chi connectivity index (χ3v) is 5.26. The van der Waals surface area contributed by atoms with Gasteiger partial charge in [-0.25, -0.2) is 0 Å². The van der Waals surface area contributed by atoms with Crippen molar-refractivity contribution in [3.8, 4) is 5.75 Å². The van der Waals surface area contributed by atoms with Crippen LogP contribution >= 0.6 is 11.3 Å². The van der Waals surface area contributed by atoms with Gasteiger partial charge in [-0.2, -0.15) is 0 Å². The summed E-state index contributed by atoms with van der Waals surface area (Å²) in [6.07, 6.45) is 0.640. The van der Waals surface area contributed by atoms with Crippen LogP contribution in [0, 0.1) is 0 Å². The highest BCUT2D eigenvalue weighted by Gasteiger charge is 2.14. The minimum atomic E-state index is 0.548. The van der Waals surface area contributed by atoms with Crippen molar-refractivity contribution < 1.29 is 9.15 Å². The van der Waals surface area contributed by atoms with E-state index in [1.165, 1.54) is 4.88 Å². The molecule has 28 heavy (non-hydrogen) atoms. The molecule has 2 aromatic heterocycles. The van der Waals surface area contributed by atoms with E-state index >= 15 is 0 Å². The first kappa shape index (κ1) is 18.3.